The minimum Gasteiger partial charge on any atom is -0.496 e. The molecule has 3 aromatic rings. The van der Waals surface area contributed by atoms with Gasteiger partial charge in [-0.15, -0.1) is 0 Å². The van der Waals surface area contributed by atoms with Crippen LogP contribution in [0.25, 0.3) is 10.9 Å². The van der Waals surface area contributed by atoms with Crippen LogP contribution in [0.2, 0.25) is 5.02 Å². The number of hydrogen-bond acceptors (Lipinski definition) is 5. The molecule has 2 heterocycles. The summed E-state index contributed by atoms with van der Waals surface area (Å²) in [6, 6.07) is 11.7. The van der Waals surface area contributed by atoms with Crippen LogP contribution >= 0.6 is 11.6 Å². The van der Waals surface area contributed by atoms with Crippen LogP contribution < -0.4 is 15.8 Å². The Kier molecular flexibility index (Phi) is 9.92. The number of benzene rings is 2. The highest BCUT2D eigenvalue weighted by Gasteiger charge is 2.21. The molecule has 1 amide bonds. The zero-order valence-electron chi connectivity index (χ0n) is 23.3. The number of anilines is 1. The van der Waals surface area contributed by atoms with Gasteiger partial charge in [0.2, 0.25) is 0 Å². The number of nitrogens with one attached hydrogen (secondary N) is 1. The fraction of sp³-hybridized carbons (Fsp3) is 0.484. The van der Waals surface area contributed by atoms with Crippen LogP contribution in [-0.2, 0) is 0 Å². The number of fused-ring (bicyclic) bond motifs is 1. The van der Waals surface area contributed by atoms with Crippen LogP contribution in [0.4, 0.5) is 5.69 Å². The molecule has 1 fully saturated rings. The van der Waals surface area contributed by atoms with Gasteiger partial charge in [-0.05, 0) is 77.2 Å². The molecule has 210 valence electrons. The van der Waals surface area contributed by atoms with Crippen molar-refractivity contribution >= 4 is 39.9 Å². The van der Waals surface area contributed by atoms with Crippen molar-refractivity contribution in [2.75, 3.05) is 39.0 Å². The Morgan fingerprint density at radius 3 is 2.56 bits per heavy atom. The van der Waals surface area contributed by atoms with E-state index in [0.29, 0.717) is 46.9 Å². The summed E-state index contributed by atoms with van der Waals surface area (Å²) in [5.74, 6) is 0.922. The van der Waals surface area contributed by atoms with E-state index in [1.807, 2.05) is 18.3 Å². The molecule has 8 heteroatoms. The first kappa shape index (κ1) is 29.0. The second-order valence-electron chi connectivity index (χ2n) is 10.9. The normalized spacial score (nSPS) is 14.7. The monoisotopic (exact) mass is 552 g/mol. The number of likely N-dealkylation sites (tertiary alicyclic amines) is 1. The van der Waals surface area contributed by atoms with Crippen LogP contribution in [-0.4, -0.2) is 54.4 Å². The molecule has 0 aliphatic carbocycles. The van der Waals surface area contributed by atoms with E-state index in [4.69, 9.17) is 22.1 Å². The van der Waals surface area contributed by atoms with Crippen LogP contribution in [0, 0.1) is 5.92 Å². The summed E-state index contributed by atoms with van der Waals surface area (Å²) in [6.07, 6.45) is 7.80. The molecule has 7 nitrogen and oxygen atoms in total. The lowest BCUT2D eigenvalue weighted by atomic mass is 9.96. The zero-order chi connectivity index (χ0) is 27.9. The van der Waals surface area contributed by atoms with Crippen LogP contribution in [0.5, 0.6) is 5.75 Å². The second kappa shape index (κ2) is 13.4. The van der Waals surface area contributed by atoms with E-state index in [9.17, 15) is 9.59 Å². The Morgan fingerprint density at radius 2 is 1.85 bits per heavy atom. The molecule has 1 aromatic heterocycles. The number of ketones is 1. The summed E-state index contributed by atoms with van der Waals surface area (Å²) in [6.45, 7) is 8.05. The standard InChI is InChI=1S/C31H41ClN4O3/c1-21(2)36-20-25(23-9-6-7-10-28(23)36)29(37)11-5-4-8-14-35-15-12-22(13-16-35)19-34-31(38)24-17-26(32)27(33)18-30(24)39-3/h6-7,9-10,17-18,20-22H,4-5,8,11-16,19,33H2,1-3H3,(H,34,38). The number of carbonyl (C=O) groups excluding carboxylic acids is 2. The van der Waals surface area contributed by atoms with Gasteiger partial charge in [0, 0.05) is 47.7 Å². The number of nitrogens with two attached hydrogens (primary N) is 1. The van der Waals surface area contributed by atoms with Crippen molar-refractivity contribution in [2.24, 2.45) is 5.92 Å². The van der Waals surface area contributed by atoms with Crippen molar-refractivity contribution in [1.82, 2.24) is 14.8 Å². The first-order valence-electron chi connectivity index (χ1n) is 14.0. The average molecular weight is 553 g/mol. The zero-order valence-corrected chi connectivity index (χ0v) is 24.1. The van der Waals surface area contributed by atoms with Gasteiger partial charge >= 0.3 is 0 Å². The highest BCUT2D eigenvalue weighted by atomic mass is 35.5. The van der Waals surface area contributed by atoms with Crippen molar-refractivity contribution in [3.8, 4) is 5.75 Å². The highest BCUT2D eigenvalue weighted by molar-refractivity contribution is 6.33. The Labute approximate surface area is 236 Å². The number of nitrogen functional groups attached to an aromatic ring is 1. The molecule has 1 saturated heterocycles. The number of hydrogen-bond donors (Lipinski definition) is 2. The third kappa shape index (κ3) is 7.14. The Balaban J connectivity index is 1.14. The van der Waals surface area contributed by atoms with E-state index >= 15 is 0 Å². The van der Waals surface area contributed by atoms with E-state index in [1.165, 1.54) is 7.11 Å². The first-order chi connectivity index (χ1) is 18.8. The SMILES string of the molecule is COc1cc(N)c(Cl)cc1C(=O)NCC1CCN(CCCCCC(=O)c2cn(C(C)C)c3ccccc23)CC1. The summed E-state index contributed by atoms with van der Waals surface area (Å²) in [7, 11) is 1.51. The Hall–Kier alpha value is -3.03. The number of rotatable bonds is 12. The molecular weight excluding hydrogens is 512 g/mol. The minimum absolute atomic E-state index is 0.195. The lowest BCUT2D eigenvalue weighted by Crippen LogP contribution is -2.39. The molecule has 3 N–H and O–H groups in total. The number of amides is 1. The molecule has 4 rings (SSSR count). The van der Waals surface area contributed by atoms with E-state index in [2.05, 4.69) is 40.8 Å². The van der Waals surface area contributed by atoms with E-state index < -0.39 is 0 Å². The molecule has 0 bridgehead atoms. The number of para-hydroxylation sites is 1. The topological polar surface area (TPSA) is 89.6 Å². The second-order valence-corrected chi connectivity index (χ2v) is 11.3. The predicted molar refractivity (Wildman–Crippen MR) is 159 cm³/mol. The van der Waals surface area contributed by atoms with Crippen LogP contribution in [0.1, 0.15) is 79.1 Å². The average Bonchev–Trinajstić information content (AvgIpc) is 3.33. The molecule has 0 saturated carbocycles. The lowest BCUT2D eigenvalue weighted by Gasteiger charge is -2.32. The fourth-order valence-electron chi connectivity index (χ4n) is 5.45. The van der Waals surface area contributed by atoms with Crippen LogP contribution in [0.15, 0.2) is 42.6 Å². The van der Waals surface area contributed by atoms with Crippen molar-refractivity contribution in [3.63, 3.8) is 0 Å². The smallest absolute Gasteiger partial charge is 0.255 e. The summed E-state index contributed by atoms with van der Waals surface area (Å²) < 4.78 is 7.50. The van der Waals surface area contributed by atoms with Crippen molar-refractivity contribution in [1.29, 1.82) is 0 Å². The maximum atomic E-state index is 13.0. The number of unbranched alkanes of at least 4 members (excludes halogenated alkanes) is 2. The van der Waals surface area contributed by atoms with Gasteiger partial charge in [0.1, 0.15) is 5.75 Å². The number of halogens is 1. The molecule has 0 unspecified atom stereocenters. The van der Waals surface area contributed by atoms with Gasteiger partial charge in [0.25, 0.3) is 5.91 Å². The van der Waals surface area contributed by atoms with Gasteiger partial charge < -0.3 is 25.3 Å². The molecule has 1 aliphatic rings. The molecule has 2 aromatic carbocycles. The van der Waals surface area contributed by atoms with Crippen molar-refractivity contribution in [2.45, 2.75) is 58.4 Å². The maximum Gasteiger partial charge on any atom is 0.255 e. The largest absolute Gasteiger partial charge is 0.496 e. The van der Waals surface area contributed by atoms with E-state index in [-0.39, 0.29) is 11.7 Å². The number of Topliss-reactive ketones (excluding diaryl/α,β-unsaturated/α-hetero) is 1. The van der Waals surface area contributed by atoms with Gasteiger partial charge in [-0.2, -0.15) is 0 Å². The lowest BCUT2D eigenvalue weighted by molar-refractivity contribution is 0.0932. The van der Waals surface area contributed by atoms with Crippen LogP contribution in [0.3, 0.4) is 0 Å². The molecule has 1 aliphatic heterocycles. The number of nitrogens with zero attached hydrogens (tertiary/aromatic N) is 2. The summed E-state index contributed by atoms with van der Waals surface area (Å²) in [5, 5.41) is 4.44. The number of methoxy groups -OCH3 is 1. The molecule has 39 heavy (non-hydrogen) atoms. The van der Waals surface area contributed by atoms with Gasteiger partial charge in [0.05, 0.1) is 23.4 Å². The Bertz CT molecular complexity index is 1290. The number of ether oxygens (including phenoxy) is 1. The van der Waals surface area contributed by atoms with Crippen molar-refractivity contribution < 1.29 is 14.3 Å². The first-order valence-corrected chi connectivity index (χ1v) is 14.4. The fourth-order valence-corrected chi connectivity index (χ4v) is 5.61. The number of carbonyl (C=O) groups is 2. The number of aromatic nitrogens is 1. The summed E-state index contributed by atoms with van der Waals surface area (Å²) in [4.78, 5) is 28.2. The minimum atomic E-state index is -0.195. The molecule has 0 spiro atoms. The molecule has 0 radical (unpaired) electrons. The van der Waals surface area contributed by atoms with Gasteiger partial charge in [0.15, 0.2) is 5.78 Å². The van der Waals surface area contributed by atoms with E-state index in [1.54, 1.807) is 12.1 Å². The molecular formula is C31H41ClN4O3. The van der Waals surface area contributed by atoms with E-state index in [0.717, 1.165) is 68.2 Å². The van der Waals surface area contributed by atoms with Gasteiger partial charge in [-0.1, -0.05) is 36.2 Å². The highest BCUT2D eigenvalue weighted by Crippen LogP contribution is 2.29. The van der Waals surface area contributed by atoms with Crippen molar-refractivity contribution in [3.05, 3.63) is 58.7 Å². The summed E-state index contributed by atoms with van der Waals surface area (Å²) in [5.41, 5.74) is 8.60. The summed E-state index contributed by atoms with van der Waals surface area (Å²) >= 11 is 6.11. The Morgan fingerprint density at radius 1 is 1.10 bits per heavy atom. The predicted octanol–water partition coefficient (Wildman–Crippen LogP) is 6.35. The molecule has 0 atom stereocenters. The van der Waals surface area contributed by atoms with Gasteiger partial charge in [-0.3, -0.25) is 9.59 Å². The third-order valence-corrected chi connectivity index (χ3v) is 8.12. The third-order valence-electron chi connectivity index (χ3n) is 7.80. The quantitative estimate of drug-likeness (QED) is 0.155. The maximum absolute atomic E-state index is 13.0. The number of piperidine rings is 1. The van der Waals surface area contributed by atoms with Gasteiger partial charge in [-0.25, -0.2) is 0 Å².